The lowest BCUT2D eigenvalue weighted by Gasteiger charge is -2.16. The standard InChI is InChI=1S/C13H17BrClNO/c1-3-10(6-7-15)16-13(17)11-5-4-9(2)8-12(11)14/h4-5,8,10H,3,6-7H2,1-2H3,(H,16,17). The van der Waals surface area contributed by atoms with Crippen molar-refractivity contribution in [3.8, 4) is 0 Å². The Balaban J connectivity index is 2.75. The number of benzene rings is 1. The molecule has 1 amide bonds. The van der Waals surface area contributed by atoms with Crippen molar-refractivity contribution in [3.05, 3.63) is 33.8 Å². The summed E-state index contributed by atoms with van der Waals surface area (Å²) in [6.07, 6.45) is 1.69. The zero-order valence-corrected chi connectivity index (χ0v) is 12.4. The molecule has 0 aliphatic rings. The van der Waals surface area contributed by atoms with Gasteiger partial charge in [-0.15, -0.1) is 11.6 Å². The van der Waals surface area contributed by atoms with Crippen LogP contribution in [0.15, 0.2) is 22.7 Å². The molecule has 0 saturated heterocycles. The number of alkyl halides is 1. The van der Waals surface area contributed by atoms with E-state index in [4.69, 9.17) is 11.6 Å². The molecule has 94 valence electrons. The van der Waals surface area contributed by atoms with Gasteiger partial charge in [0.05, 0.1) is 5.56 Å². The Morgan fingerprint density at radius 3 is 2.76 bits per heavy atom. The zero-order valence-electron chi connectivity index (χ0n) is 10.1. The first-order chi connectivity index (χ1) is 8.08. The molecule has 1 N–H and O–H groups in total. The number of hydrogen-bond donors (Lipinski definition) is 1. The minimum Gasteiger partial charge on any atom is -0.349 e. The molecule has 17 heavy (non-hydrogen) atoms. The number of carbonyl (C=O) groups excluding carboxylic acids is 1. The van der Waals surface area contributed by atoms with E-state index in [9.17, 15) is 4.79 Å². The van der Waals surface area contributed by atoms with Gasteiger partial charge < -0.3 is 5.32 Å². The molecule has 2 nitrogen and oxygen atoms in total. The third-order valence-corrected chi connectivity index (χ3v) is 3.53. The van der Waals surface area contributed by atoms with Crippen LogP contribution in [0.1, 0.15) is 35.7 Å². The van der Waals surface area contributed by atoms with Gasteiger partial charge in [-0.1, -0.05) is 13.0 Å². The molecule has 0 spiro atoms. The third-order valence-electron chi connectivity index (χ3n) is 2.65. The highest BCUT2D eigenvalue weighted by molar-refractivity contribution is 9.10. The molecule has 1 atom stereocenters. The smallest absolute Gasteiger partial charge is 0.252 e. The highest BCUT2D eigenvalue weighted by Gasteiger charge is 2.14. The van der Waals surface area contributed by atoms with Gasteiger partial charge in [0.25, 0.3) is 5.91 Å². The molecular weight excluding hydrogens is 302 g/mol. The lowest BCUT2D eigenvalue weighted by molar-refractivity contribution is 0.0934. The van der Waals surface area contributed by atoms with Crippen LogP contribution < -0.4 is 5.32 Å². The van der Waals surface area contributed by atoms with E-state index in [-0.39, 0.29) is 11.9 Å². The summed E-state index contributed by atoms with van der Waals surface area (Å²) in [7, 11) is 0. The first-order valence-corrected chi connectivity index (χ1v) is 7.04. The molecule has 0 aliphatic carbocycles. The van der Waals surface area contributed by atoms with Crippen LogP contribution in [0.25, 0.3) is 0 Å². The minimum absolute atomic E-state index is 0.0474. The maximum Gasteiger partial charge on any atom is 0.252 e. The molecule has 0 radical (unpaired) electrons. The van der Waals surface area contributed by atoms with Gasteiger partial charge >= 0.3 is 0 Å². The summed E-state index contributed by atoms with van der Waals surface area (Å²) >= 11 is 9.11. The Bertz CT molecular complexity index is 395. The minimum atomic E-state index is -0.0474. The summed E-state index contributed by atoms with van der Waals surface area (Å²) < 4.78 is 0.829. The maximum atomic E-state index is 12.0. The van der Waals surface area contributed by atoms with Crippen molar-refractivity contribution in [2.24, 2.45) is 0 Å². The van der Waals surface area contributed by atoms with Gasteiger partial charge in [-0.05, 0) is 53.4 Å². The molecule has 1 aromatic rings. The van der Waals surface area contributed by atoms with Crippen molar-refractivity contribution in [3.63, 3.8) is 0 Å². The maximum absolute atomic E-state index is 12.0. The molecule has 1 aromatic carbocycles. The van der Waals surface area contributed by atoms with Crippen molar-refractivity contribution in [1.29, 1.82) is 0 Å². The molecule has 0 fully saturated rings. The van der Waals surface area contributed by atoms with Gasteiger partial charge in [0.15, 0.2) is 0 Å². The van der Waals surface area contributed by atoms with Crippen molar-refractivity contribution < 1.29 is 4.79 Å². The van der Waals surface area contributed by atoms with Crippen LogP contribution in [0.4, 0.5) is 0 Å². The van der Waals surface area contributed by atoms with Gasteiger partial charge in [-0.3, -0.25) is 4.79 Å². The van der Waals surface area contributed by atoms with Crippen molar-refractivity contribution in [2.75, 3.05) is 5.88 Å². The third kappa shape index (κ3) is 4.32. The average molecular weight is 319 g/mol. The van der Waals surface area contributed by atoms with Gasteiger partial charge in [0.1, 0.15) is 0 Å². The SMILES string of the molecule is CCC(CCCl)NC(=O)c1ccc(C)cc1Br. The second-order valence-corrected chi connectivity index (χ2v) is 5.27. The molecular formula is C13H17BrClNO. The molecule has 1 rings (SSSR count). The van der Waals surface area contributed by atoms with Crippen molar-refractivity contribution in [1.82, 2.24) is 5.32 Å². The Morgan fingerprint density at radius 2 is 2.24 bits per heavy atom. The van der Waals surface area contributed by atoms with Gasteiger partial charge in [-0.2, -0.15) is 0 Å². The number of aryl methyl sites for hydroxylation is 1. The molecule has 0 heterocycles. The van der Waals surface area contributed by atoms with Crippen LogP contribution in [0, 0.1) is 6.92 Å². The number of rotatable bonds is 5. The van der Waals surface area contributed by atoms with Crippen LogP contribution in [-0.2, 0) is 0 Å². The zero-order chi connectivity index (χ0) is 12.8. The molecule has 0 bridgehead atoms. The number of hydrogen-bond acceptors (Lipinski definition) is 1. The van der Waals surface area contributed by atoms with E-state index in [1.165, 1.54) is 0 Å². The largest absolute Gasteiger partial charge is 0.349 e. The molecule has 4 heteroatoms. The lowest BCUT2D eigenvalue weighted by Crippen LogP contribution is -2.34. The number of amides is 1. The van der Waals surface area contributed by atoms with E-state index in [0.29, 0.717) is 11.4 Å². The second-order valence-electron chi connectivity index (χ2n) is 4.04. The van der Waals surface area contributed by atoms with Gasteiger partial charge in [-0.25, -0.2) is 0 Å². The Labute approximate surface area is 116 Å². The number of carbonyl (C=O) groups is 1. The van der Waals surface area contributed by atoms with E-state index in [2.05, 4.69) is 21.2 Å². The summed E-state index contributed by atoms with van der Waals surface area (Å²) in [5.41, 5.74) is 1.80. The van der Waals surface area contributed by atoms with Crippen LogP contribution in [0.3, 0.4) is 0 Å². The fraction of sp³-hybridized carbons (Fsp3) is 0.462. The van der Waals surface area contributed by atoms with Crippen molar-refractivity contribution >= 4 is 33.4 Å². The predicted octanol–water partition coefficient (Wildman–Crippen LogP) is 3.89. The number of halogens is 2. The number of nitrogens with one attached hydrogen (secondary N) is 1. The lowest BCUT2D eigenvalue weighted by atomic mass is 10.1. The van der Waals surface area contributed by atoms with Crippen molar-refractivity contribution in [2.45, 2.75) is 32.7 Å². The Kier molecular flexibility index (Phi) is 6.00. The Morgan fingerprint density at radius 1 is 1.53 bits per heavy atom. The summed E-state index contributed by atoms with van der Waals surface area (Å²) in [4.78, 5) is 12.0. The molecule has 0 saturated carbocycles. The average Bonchev–Trinajstić information content (AvgIpc) is 2.28. The highest BCUT2D eigenvalue weighted by Crippen LogP contribution is 2.18. The topological polar surface area (TPSA) is 29.1 Å². The van der Waals surface area contributed by atoms with Gasteiger partial charge in [0, 0.05) is 16.4 Å². The monoisotopic (exact) mass is 317 g/mol. The normalized spacial score (nSPS) is 12.2. The predicted molar refractivity (Wildman–Crippen MR) is 75.8 cm³/mol. The van der Waals surface area contributed by atoms with Crippen LogP contribution in [0.2, 0.25) is 0 Å². The van der Waals surface area contributed by atoms with Crippen LogP contribution >= 0.6 is 27.5 Å². The molecule has 0 aliphatic heterocycles. The summed E-state index contributed by atoms with van der Waals surface area (Å²) in [6.45, 7) is 4.04. The van der Waals surface area contributed by atoms with Crippen LogP contribution in [0.5, 0.6) is 0 Å². The fourth-order valence-electron chi connectivity index (χ4n) is 1.58. The van der Waals surface area contributed by atoms with E-state index >= 15 is 0 Å². The second kappa shape index (κ2) is 7.02. The molecule has 0 aromatic heterocycles. The first-order valence-electron chi connectivity index (χ1n) is 5.71. The van der Waals surface area contributed by atoms with Crippen LogP contribution in [-0.4, -0.2) is 17.8 Å². The van der Waals surface area contributed by atoms with E-state index in [1.807, 2.05) is 32.0 Å². The van der Waals surface area contributed by atoms with Gasteiger partial charge in [0.2, 0.25) is 0 Å². The summed E-state index contributed by atoms with van der Waals surface area (Å²) in [5.74, 6) is 0.516. The fourth-order valence-corrected chi connectivity index (χ4v) is 2.51. The van der Waals surface area contributed by atoms with E-state index in [1.54, 1.807) is 0 Å². The van der Waals surface area contributed by atoms with E-state index < -0.39 is 0 Å². The summed E-state index contributed by atoms with van der Waals surface area (Å²) in [5, 5.41) is 2.99. The first kappa shape index (κ1) is 14.5. The molecule has 1 unspecified atom stereocenters. The Hall–Kier alpha value is -0.540. The quantitative estimate of drug-likeness (QED) is 0.820. The van der Waals surface area contributed by atoms with E-state index in [0.717, 1.165) is 22.9 Å². The highest BCUT2D eigenvalue weighted by atomic mass is 79.9. The summed E-state index contributed by atoms with van der Waals surface area (Å²) in [6, 6.07) is 5.86.